The van der Waals surface area contributed by atoms with Gasteiger partial charge < -0.3 is 23.8 Å². The van der Waals surface area contributed by atoms with Gasteiger partial charge in [-0.05, 0) is 53.3 Å². The van der Waals surface area contributed by atoms with E-state index in [0.717, 1.165) is 0 Å². The molecule has 0 amide bonds. The molecule has 1 aromatic rings. The number of aliphatic hydroxyl groups is 1. The van der Waals surface area contributed by atoms with Crippen molar-refractivity contribution in [3.63, 3.8) is 0 Å². The molecule has 4 N–H and O–H groups in total. The van der Waals surface area contributed by atoms with Crippen molar-refractivity contribution in [3.05, 3.63) is 32.9 Å². The van der Waals surface area contributed by atoms with Gasteiger partial charge in [-0.2, -0.15) is 4.39 Å². The first kappa shape index (κ1) is 34.1. The van der Waals surface area contributed by atoms with Crippen LogP contribution >= 0.6 is 6.57 Å². The first-order valence-corrected chi connectivity index (χ1v) is 15.0. The van der Waals surface area contributed by atoms with Crippen LogP contribution in [0.1, 0.15) is 54.2 Å². The second kappa shape index (κ2) is 13.7. The molecule has 0 spiro atoms. The van der Waals surface area contributed by atoms with Crippen molar-refractivity contribution in [2.75, 3.05) is 6.61 Å². The number of esters is 2. The van der Waals surface area contributed by atoms with Crippen LogP contribution in [-0.2, 0) is 40.1 Å². The molecule has 40 heavy (non-hydrogen) atoms. The topological polar surface area (TPSA) is 170 Å². The van der Waals surface area contributed by atoms with Gasteiger partial charge in [0.25, 0.3) is 12.0 Å². The Morgan fingerprint density at radius 3 is 2.10 bits per heavy atom. The minimum atomic E-state index is -3.74. The smallest absolute Gasteiger partial charge is 0.330 e. The second-order valence-electron chi connectivity index (χ2n) is 9.79. The van der Waals surface area contributed by atoms with E-state index >= 15 is 0 Å². The molecular weight excluding hydrogens is 584 g/mol. The van der Waals surface area contributed by atoms with E-state index in [1.807, 2.05) is 0 Å². The molecule has 1 aliphatic heterocycles. The number of alkyl halides is 2. The summed E-state index contributed by atoms with van der Waals surface area (Å²) in [4.78, 5) is 50.0. The number of nitrogens with zero attached hydrogens (tertiary/aromatic N) is 1. The zero-order valence-corrected chi connectivity index (χ0v) is 24.4. The Hall–Kier alpha value is -2.14. The zero-order valence-electron chi connectivity index (χ0n) is 22.7. The lowest BCUT2D eigenvalue weighted by Crippen LogP contribution is -2.46. The Morgan fingerprint density at radius 2 is 1.65 bits per heavy atom. The van der Waals surface area contributed by atoms with Gasteiger partial charge in [0.15, 0.2) is 18.4 Å². The third-order valence-corrected chi connectivity index (χ3v) is 8.36. The van der Waals surface area contributed by atoms with E-state index in [-0.39, 0.29) is 0 Å². The van der Waals surface area contributed by atoms with Crippen LogP contribution in [0.15, 0.2) is 15.8 Å². The Morgan fingerprint density at radius 1 is 1.15 bits per heavy atom. The number of carbonyl (C=O) groups is 2. The first-order chi connectivity index (χ1) is 18.4. The molecule has 1 saturated heterocycles. The van der Waals surface area contributed by atoms with Crippen LogP contribution in [0, 0.1) is 5.82 Å². The molecule has 2 heterocycles. The number of hydrogen-bond acceptors (Lipinski definition) is 10. The highest BCUT2D eigenvalue weighted by Crippen LogP contribution is 2.46. The van der Waals surface area contributed by atoms with Crippen molar-refractivity contribution in [2.24, 2.45) is 0 Å². The van der Waals surface area contributed by atoms with E-state index in [9.17, 15) is 37.5 Å². The van der Waals surface area contributed by atoms with Crippen LogP contribution in [0.2, 0.25) is 0 Å². The molecule has 1 aliphatic rings. The molecule has 1 fully saturated rings. The van der Waals surface area contributed by atoms with Crippen molar-refractivity contribution in [1.82, 2.24) is 19.7 Å². The van der Waals surface area contributed by atoms with Crippen molar-refractivity contribution in [3.8, 4) is 0 Å². The molecule has 0 aliphatic carbocycles. The van der Waals surface area contributed by atoms with Crippen molar-refractivity contribution in [2.45, 2.75) is 96.6 Å². The van der Waals surface area contributed by atoms with E-state index < -0.39 is 97.2 Å². The van der Waals surface area contributed by atoms with Gasteiger partial charge in [0.2, 0.25) is 5.82 Å². The summed E-state index contributed by atoms with van der Waals surface area (Å²) in [6.07, 6.45) is -8.18. The van der Waals surface area contributed by atoms with E-state index in [1.54, 1.807) is 32.7 Å². The number of carbonyl (C=O) groups excluding carboxylic acids is 2. The van der Waals surface area contributed by atoms with Gasteiger partial charge in [0.05, 0.1) is 25.0 Å². The fourth-order valence-corrected chi connectivity index (χ4v) is 6.57. The maximum absolute atomic E-state index is 14.4. The Labute approximate surface area is 232 Å². The third kappa shape index (κ3) is 8.68. The predicted octanol–water partition coefficient (Wildman–Crippen LogP) is 1.06. The van der Waals surface area contributed by atoms with Gasteiger partial charge in [0, 0.05) is 6.42 Å². The average Bonchev–Trinajstić information content (AvgIpc) is 3.16. The Bertz CT molecular complexity index is 1200. The highest BCUT2D eigenvalue weighted by molar-refractivity contribution is 8.10. The van der Waals surface area contributed by atoms with Crippen LogP contribution in [0.3, 0.4) is 0 Å². The van der Waals surface area contributed by atoms with Gasteiger partial charge in [-0.25, -0.2) is 23.7 Å². The average molecular weight is 619 g/mol. The van der Waals surface area contributed by atoms with Gasteiger partial charge in [-0.1, -0.05) is 0 Å². The molecule has 0 aromatic carbocycles. The fourth-order valence-electron chi connectivity index (χ4n) is 3.61. The summed E-state index contributed by atoms with van der Waals surface area (Å²) >= 11 is 5.54. The van der Waals surface area contributed by atoms with Crippen molar-refractivity contribution in [1.29, 1.82) is 0 Å². The second-order valence-corrected chi connectivity index (χ2v) is 13.2. The van der Waals surface area contributed by atoms with E-state index in [1.165, 1.54) is 13.8 Å². The molecular formula is C22H34F3N4O9PS. The number of aromatic nitrogens is 2. The summed E-state index contributed by atoms with van der Waals surface area (Å²) in [7, 11) is 0. The normalized spacial score (nSPS) is 23.0. The van der Waals surface area contributed by atoms with Gasteiger partial charge in [0.1, 0.15) is 18.2 Å². The van der Waals surface area contributed by atoms with Crippen molar-refractivity contribution < 1.29 is 46.6 Å². The van der Waals surface area contributed by atoms with Crippen LogP contribution in [0.4, 0.5) is 13.2 Å². The Balaban J connectivity index is 2.35. The number of halogens is 3. The lowest BCUT2D eigenvalue weighted by molar-refractivity contribution is -0.169. The monoisotopic (exact) mass is 618 g/mol. The summed E-state index contributed by atoms with van der Waals surface area (Å²) in [5.41, 5.74) is -5.11. The molecule has 228 valence electrons. The molecule has 18 heteroatoms. The predicted molar refractivity (Wildman–Crippen MR) is 139 cm³/mol. The van der Waals surface area contributed by atoms with Gasteiger partial charge >= 0.3 is 17.6 Å². The quantitative estimate of drug-likeness (QED) is 0.183. The molecule has 0 unspecified atom stereocenters. The lowest BCUT2D eigenvalue weighted by Gasteiger charge is -2.34. The van der Waals surface area contributed by atoms with Crippen LogP contribution in [-0.4, -0.2) is 75.6 Å². The summed E-state index contributed by atoms with van der Waals surface area (Å²) in [5.74, 6) is -2.87. The molecule has 5 atom stereocenters. The highest BCUT2D eigenvalue weighted by Gasteiger charge is 2.54. The Kier molecular flexibility index (Phi) is 11.7. The minimum Gasteiger partial charge on any atom is -0.462 e. The standard InChI is InChI=1S/C22H34F3N4O9PS/c1-10(2)36-18(32)12(5)27-39(40,28-13(6)19(33)37-11(3)4)35-9-22(20(24)25)7-15(30)17(38-22)29-8-14(23)16(31)26-21(29)34/h8,10-13,15,17,20,30H,7,9H2,1-6H3,(H,26,31,34)(H2,27,28,40)/t12-,13-,15+,17+,22-/m0/s1. The first-order valence-electron chi connectivity index (χ1n) is 12.3. The maximum atomic E-state index is 14.4. The number of hydrogen-bond donors (Lipinski definition) is 4. The highest BCUT2D eigenvalue weighted by atomic mass is 32.4. The van der Waals surface area contributed by atoms with E-state index in [0.29, 0.717) is 10.8 Å². The van der Waals surface area contributed by atoms with Crippen LogP contribution in [0.25, 0.3) is 0 Å². The summed E-state index contributed by atoms with van der Waals surface area (Å²) in [6, 6.07) is -2.22. The molecule has 1 aromatic heterocycles. The summed E-state index contributed by atoms with van der Waals surface area (Å²) in [5, 5.41) is 15.9. The van der Waals surface area contributed by atoms with Crippen LogP contribution in [0.5, 0.6) is 0 Å². The van der Waals surface area contributed by atoms with Crippen molar-refractivity contribution >= 4 is 30.3 Å². The number of nitrogens with one attached hydrogen (secondary N) is 3. The van der Waals surface area contributed by atoms with Gasteiger partial charge in [-0.3, -0.25) is 23.9 Å². The maximum Gasteiger partial charge on any atom is 0.330 e. The van der Waals surface area contributed by atoms with Gasteiger partial charge in [-0.15, -0.1) is 0 Å². The fraction of sp³-hybridized carbons (Fsp3) is 0.727. The van der Waals surface area contributed by atoms with E-state index in [4.69, 9.17) is 30.5 Å². The third-order valence-electron chi connectivity index (χ3n) is 5.46. The number of H-pyrrole nitrogens is 1. The largest absolute Gasteiger partial charge is 0.462 e. The summed E-state index contributed by atoms with van der Waals surface area (Å²) < 4.78 is 64.4. The molecule has 13 nitrogen and oxygen atoms in total. The zero-order chi connectivity index (χ0) is 30.6. The minimum absolute atomic E-state index is 0.426. The summed E-state index contributed by atoms with van der Waals surface area (Å²) in [6.45, 7) is 4.51. The number of aromatic amines is 1. The van der Waals surface area contributed by atoms with Crippen LogP contribution < -0.4 is 21.4 Å². The number of rotatable bonds is 13. The van der Waals surface area contributed by atoms with E-state index in [2.05, 4.69) is 10.2 Å². The lowest BCUT2D eigenvalue weighted by atomic mass is 10.0. The number of aliphatic hydroxyl groups excluding tert-OH is 1. The molecule has 0 bridgehead atoms. The SMILES string of the molecule is CC(C)OC(=O)[C@H](C)NP(=S)(N[C@@H](C)C(=O)OC(C)C)OC[C@]1(C(F)F)C[C@@H](O)[C@H](n2cc(F)c(=O)[nH]c2=O)O1. The molecule has 2 rings (SSSR count). The molecule has 0 saturated carbocycles. The number of ether oxygens (including phenoxy) is 3. The molecule has 0 radical (unpaired) electrons.